The molecule has 0 aliphatic rings. The van der Waals surface area contributed by atoms with Crippen molar-refractivity contribution < 1.29 is 9.47 Å². The summed E-state index contributed by atoms with van der Waals surface area (Å²) in [6.07, 6.45) is 3.05. The molecule has 0 radical (unpaired) electrons. The minimum Gasteiger partial charge on any atom is -0.493 e. The maximum Gasteiger partial charge on any atom is 0.161 e. The topological polar surface area (TPSA) is 44.5 Å². The Hall–Kier alpha value is -1.22. The van der Waals surface area contributed by atoms with Gasteiger partial charge in [-0.15, -0.1) is 0 Å². The molecule has 0 spiro atoms. The van der Waals surface area contributed by atoms with Crippen molar-refractivity contribution >= 4 is 0 Å². The monoisotopic (exact) mass is 223 g/mol. The summed E-state index contributed by atoms with van der Waals surface area (Å²) in [7, 11) is 1.64. The Kier molecular flexibility index (Phi) is 5.72. The lowest BCUT2D eigenvalue weighted by atomic mass is 10.1. The highest BCUT2D eigenvalue weighted by Gasteiger charge is 2.04. The first-order chi connectivity index (χ1) is 7.77. The molecule has 3 nitrogen and oxygen atoms in total. The molecule has 0 saturated carbocycles. The van der Waals surface area contributed by atoms with Gasteiger partial charge in [0, 0.05) is 6.04 Å². The van der Waals surface area contributed by atoms with Gasteiger partial charge in [-0.2, -0.15) is 0 Å². The van der Waals surface area contributed by atoms with Crippen LogP contribution in [-0.2, 0) is 0 Å². The first-order valence-corrected chi connectivity index (χ1v) is 5.79. The molecule has 90 valence electrons. The van der Waals surface area contributed by atoms with Crippen molar-refractivity contribution in [2.75, 3.05) is 13.7 Å². The highest BCUT2D eigenvalue weighted by molar-refractivity contribution is 5.39. The molecule has 0 aliphatic heterocycles. The molecule has 2 N–H and O–H groups in total. The smallest absolute Gasteiger partial charge is 0.161 e. The molecule has 0 aliphatic carbocycles. The number of methoxy groups -OCH3 is 1. The Labute approximate surface area is 97.6 Å². The van der Waals surface area contributed by atoms with Crippen molar-refractivity contribution in [1.82, 2.24) is 0 Å². The largest absolute Gasteiger partial charge is 0.493 e. The third kappa shape index (κ3) is 4.11. The van der Waals surface area contributed by atoms with Crippen LogP contribution in [-0.4, -0.2) is 19.8 Å². The SMILES string of the molecule is CCCC(N)CCOc1ccccc1OC. The molecule has 0 bridgehead atoms. The second-order valence-electron chi connectivity index (χ2n) is 3.84. The molecular formula is C13H21NO2. The van der Waals surface area contributed by atoms with Crippen LogP contribution in [0.5, 0.6) is 11.5 Å². The molecule has 16 heavy (non-hydrogen) atoms. The molecular weight excluding hydrogens is 202 g/mol. The normalized spacial score (nSPS) is 12.2. The van der Waals surface area contributed by atoms with Gasteiger partial charge in [-0.25, -0.2) is 0 Å². The molecule has 0 fully saturated rings. The second kappa shape index (κ2) is 7.12. The van der Waals surface area contributed by atoms with Crippen LogP contribution >= 0.6 is 0 Å². The average Bonchev–Trinajstić information content (AvgIpc) is 2.30. The summed E-state index contributed by atoms with van der Waals surface area (Å²) in [4.78, 5) is 0. The van der Waals surface area contributed by atoms with Crippen LogP contribution in [0.1, 0.15) is 26.2 Å². The van der Waals surface area contributed by atoms with E-state index in [0.717, 1.165) is 30.8 Å². The standard InChI is InChI=1S/C13H21NO2/c1-3-6-11(14)9-10-16-13-8-5-4-7-12(13)15-2/h4-5,7-8,11H,3,6,9-10,14H2,1-2H3. The zero-order chi connectivity index (χ0) is 11.8. The summed E-state index contributed by atoms with van der Waals surface area (Å²) in [6, 6.07) is 7.89. The quantitative estimate of drug-likeness (QED) is 0.772. The van der Waals surface area contributed by atoms with Gasteiger partial charge in [0.15, 0.2) is 11.5 Å². The Morgan fingerprint density at radius 3 is 2.50 bits per heavy atom. The van der Waals surface area contributed by atoms with Gasteiger partial charge >= 0.3 is 0 Å². The summed E-state index contributed by atoms with van der Waals surface area (Å²) in [5.74, 6) is 1.56. The molecule has 0 saturated heterocycles. The predicted octanol–water partition coefficient (Wildman–Crippen LogP) is 2.59. The number of ether oxygens (including phenoxy) is 2. The molecule has 1 rings (SSSR count). The van der Waals surface area contributed by atoms with Gasteiger partial charge in [0.05, 0.1) is 13.7 Å². The molecule has 1 atom stereocenters. The number of hydrogen-bond donors (Lipinski definition) is 1. The van der Waals surface area contributed by atoms with Crippen LogP contribution in [0.25, 0.3) is 0 Å². The predicted molar refractivity (Wildman–Crippen MR) is 66.0 cm³/mol. The van der Waals surface area contributed by atoms with Crippen molar-refractivity contribution in [3.63, 3.8) is 0 Å². The first kappa shape index (κ1) is 12.8. The van der Waals surface area contributed by atoms with Gasteiger partial charge in [0.2, 0.25) is 0 Å². The third-order valence-electron chi connectivity index (χ3n) is 2.47. The highest BCUT2D eigenvalue weighted by atomic mass is 16.5. The molecule has 1 aromatic carbocycles. The van der Waals surface area contributed by atoms with Crippen molar-refractivity contribution in [2.45, 2.75) is 32.2 Å². The van der Waals surface area contributed by atoms with Crippen LogP contribution in [0, 0.1) is 0 Å². The van der Waals surface area contributed by atoms with E-state index in [1.165, 1.54) is 0 Å². The summed E-state index contributed by atoms with van der Waals surface area (Å²) >= 11 is 0. The Bertz CT molecular complexity index is 302. The fourth-order valence-corrected chi connectivity index (χ4v) is 1.57. The van der Waals surface area contributed by atoms with Crippen LogP contribution in [0.15, 0.2) is 24.3 Å². The van der Waals surface area contributed by atoms with Crippen LogP contribution in [0.3, 0.4) is 0 Å². The number of rotatable bonds is 7. The zero-order valence-corrected chi connectivity index (χ0v) is 10.1. The van der Waals surface area contributed by atoms with E-state index in [1.54, 1.807) is 7.11 Å². The fourth-order valence-electron chi connectivity index (χ4n) is 1.57. The second-order valence-corrected chi connectivity index (χ2v) is 3.84. The van der Waals surface area contributed by atoms with Gasteiger partial charge in [0.25, 0.3) is 0 Å². The Balaban J connectivity index is 2.36. The van der Waals surface area contributed by atoms with Crippen molar-refractivity contribution in [3.8, 4) is 11.5 Å². The molecule has 0 aromatic heterocycles. The maximum absolute atomic E-state index is 5.91. The van der Waals surface area contributed by atoms with E-state index in [1.807, 2.05) is 24.3 Å². The van der Waals surface area contributed by atoms with Crippen molar-refractivity contribution in [3.05, 3.63) is 24.3 Å². The summed E-state index contributed by atoms with van der Waals surface area (Å²) in [6.45, 7) is 2.78. The molecule has 0 amide bonds. The summed E-state index contributed by atoms with van der Waals surface area (Å²) < 4.78 is 10.8. The lowest BCUT2D eigenvalue weighted by molar-refractivity contribution is 0.277. The van der Waals surface area contributed by atoms with E-state index < -0.39 is 0 Å². The van der Waals surface area contributed by atoms with Crippen molar-refractivity contribution in [1.29, 1.82) is 0 Å². The first-order valence-electron chi connectivity index (χ1n) is 5.79. The zero-order valence-electron chi connectivity index (χ0n) is 10.1. The van der Waals surface area contributed by atoms with E-state index in [-0.39, 0.29) is 6.04 Å². The minimum atomic E-state index is 0.236. The third-order valence-corrected chi connectivity index (χ3v) is 2.47. The molecule has 1 unspecified atom stereocenters. The molecule has 0 heterocycles. The fraction of sp³-hybridized carbons (Fsp3) is 0.538. The van der Waals surface area contributed by atoms with Crippen LogP contribution in [0.2, 0.25) is 0 Å². The summed E-state index contributed by atoms with van der Waals surface area (Å²) in [5, 5.41) is 0. The number of hydrogen-bond acceptors (Lipinski definition) is 3. The van der Waals surface area contributed by atoms with Gasteiger partial charge in [0.1, 0.15) is 0 Å². The van der Waals surface area contributed by atoms with E-state index in [0.29, 0.717) is 6.61 Å². The van der Waals surface area contributed by atoms with E-state index in [9.17, 15) is 0 Å². The van der Waals surface area contributed by atoms with Crippen LogP contribution < -0.4 is 15.2 Å². The maximum atomic E-state index is 5.91. The Morgan fingerprint density at radius 2 is 1.88 bits per heavy atom. The lowest BCUT2D eigenvalue weighted by Crippen LogP contribution is -2.22. The lowest BCUT2D eigenvalue weighted by Gasteiger charge is -2.13. The van der Waals surface area contributed by atoms with Crippen molar-refractivity contribution in [2.24, 2.45) is 5.73 Å². The number of para-hydroxylation sites is 2. The molecule has 3 heteroatoms. The van der Waals surface area contributed by atoms with Gasteiger partial charge < -0.3 is 15.2 Å². The van der Waals surface area contributed by atoms with E-state index in [2.05, 4.69) is 6.92 Å². The highest BCUT2D eigenvalue weighted by Crippen LogP contribution is 2.25. The summed E-state index contributed by atoms with van der Waals surface area (Å²) in [5.41, 5.74) is 5.91. The van der Waals surface area contributed by atoms with Gasteiger partial charge in [-0.05, 0) is 25.0 Å². The van der Waals surface area contributed by atoms with Crippen LogP contribution in [0.4, 0.5) is 0 Å². The van der Waals surface area contributed by atoms with E-state index in [4.69, 9.17) is 15.2 Å². The minimum absolute atomic E-state index is 0.236. The van der Waals surface area contributed by atoms with E-state index >= 15 is 0 Å². The molecule has 1 aromatic rings. The average molecular weight is 223 g/mol. The number of benzene rings is 1. The Morgan fingerprint density at radius 1 is 1.19 bits per heavy atom. The van der Waals surface area contributed by atoms with Gasteiger partial charge in [-0.3, -0.25) is 0 Å². The van der Waals surface area contributed by atoms with Gasteiger partial charge in [-0.1, -0.05) is 25.5 Å². The number of nitrogens with two attached hydrogens (primary N) is 1.